The van der Waals surface area contributed by atoms with Crippen LogP contribution in [-0.4, -0.2) is 38.4 Å². The van der Waals surface area contributed by atoms with E-state index in [0.29, 0.717) is 5.02 Å². The van der Waals surface area contributed by atoms with Crippen molar-refractivity contribution in [2.75, 3.05) is 12.3 Å². The highest BCUT2D eigenvalue weighted by molar-refractivity contribution is 7.47. The zero-order chi connectivity index (χ0) is 19.6. The maximum atomic E-state index is 12.3. The number of benzene rings is 1. The summed E-state index contributed by atoms with van der Waals surface area (Å²) in [5, 5.41) is 9.91. The Bertz CT molecular complexity index is 907. The van der Waals surface area contributed by atoms with Gasteiger partial charge in [0, 0.05) is 17.6 Å². The Balaban J connectivity index is 1.72. The fourth-order valence-electron chi connectivity index (χ4n) is 2.61. The minimum atomic E-state index is -4.52. The number of ether oxygens (including phenoxy) is 1. The van der Waals surface area contributed by atoms with Crippen molar-refractivity contribution in [2.24, 2.45) is 0 Å². The van der Waals surface area contributed by atoms with E-state index in [9.17, 15) is 19.4 Å². The number of aliphatic hydroxyl groups is 1. The van der Waals surface area contributed by atoms with E-state index in [1.807, 2.05) is 0 Å². The number of halogens is 1. The number of nitrogens with zero attached hydrogens (tertiary/aromatic N) is 2. The smallest absolute Gasteiger partial charge is 0.404 e. The van der Waals surface area contributed by atoms with Crippen LogP contribution in [0.25, 0.3) is 0 Å². The minimum Gasteiger partial charge on any atom is -0.404 e. The molecule has 0 bridgehead atoms. The Hall–Kier alpha value is -1.94. The largest absolute Gasteiger partial charge is 0.527 e. The molecule has 0 amide bonds. The lowest BCUT2D eigenvalue weighted by Crippen LogP contribution is -2.28. The molecule has 2 heterocycles. The van der Waals surface area contributed by atoms with Gasteiger partial charge in [-0.3, -0.25) is 14.0 Å². The molecule has 4 atom stereocenters. The van der Waals surface area contributed by atoms with Crippen LogP contribution in [0.15, 0.2) is 41.3 Å². The van der Waals surface area contributed by atoms with Gasteiger partial charge in [-0.05, 0) is 30.3 Å². The third-order valence-electron chi connectivity index (χ3n) is 3.83. The van der Waals surface area contributed by atoms with Gasteiger partial charge in [0.25, 0.3) is 0 Å². The van der Waals surface area contributed by atoms with Crippen molar-refractivity contribution in [2.45, 2.75) is 24.9 Å². The number of aromatic nitrogens is 2. The van der Waals surface area contributed by atoms with Gasteiger partial charge in [-0.15, -0.1) is 0 Å². The van der Waals surface area contributed by atoms with Crippen molar-refractivity contribution < 1.29 is 28.3 Å². The first kappa shape index (κ1) is 19.8. The van der Waals surface area contributed by atoms with E-state index >= 15 is 0 Å². The Morgan fingerprint density at radius 1 is 1.37 bits per heavy atom. The predicted octanol–water partition coefficient (Wildman–Crippen LogP) is 1.32. The summed E-state index contributed by atoms with van der Waals surface area (Å²) >= 11 is 5.75. The van der Waals surface area contributed by atoms with E-state index < -0.39 is 38.6 Å². The third-order valence-corrected chi connectivity index (χ3v) is 5.06. The summed E-state index contributed by atoms with van der Waals surface area (Å²) in [6.07, 6.45) is -1.37. The van der Waals surface area contributed by atoms with Crippen LogP contribution in [0.3, 0.4) is 0 Å². The fourth-order valence-corrected chi connectivity index (χ4v) is 3.73. The normalized spacial score (nSPS) is 24.5. The van der Waals surface area contributed by atoms with Crippen LogP contribution in [0.1, 0.15) is 12.6 Å². The average molecular weight is 418 g/mol. The predicted molar refractivity (Wildman–Crippen MR) is 95.3 cm³/mol. The molecule has 146 valence electrons. The van der Waals surface area contributed by atoms with E-state index in [0.717, 1.165) is 4.57 Å². The van der Waals surface area contributed by atoms with E-state index in [1.165, 1.54) is 36.5 Å². The van der Waals surface area contributed by atoms with E-state index in [1.54, 1.807) is 0 Å². The molecule has 0 spiro atoms. The summed E-state index contributed by atoms with van der Waals surface area (Å²) in [4.78, 5) is 25.5. The molecule has 4 N–H and O–H groups in total. The molecule has 12 heteroatoms. The van der Waals surface area contributed by atoms with Gasteiger partial charge < -0.3 is 20.1 Å². The van der Waals surface area contributed by atoms with E-state index in [4.69, 9.17) is 31.1 Å². The number of hydrogen-bond acceptors (Lipinski definition) is 8. The van der Waals surface area contributed by atoms with Gasteiger partial charge >= 0.3 is 13.5 Å². The molecule has 0 saturated carbocycles. The summed E-state index contributed by atoms with van der Waals surface area (Å²) in [6, 6.07) is 7.20. The summed E-state index contributed by atoms with van der Waals surface area (Å²) in [6.45, 7) is -0.487. The Morgan fingerprint density at radius 3 is 2.70 bits per heavy atom. The van der Waals surface area contributed by atoms with Crippen molar-refractivity contribution >= 4 is 25.2 Å². The topological polar surface area (TPSA) is 146 Å². The highest BCUT2D eigenvalue weighted by atomic mass is 35.5. The zero-order valence-corrected chi connectivity index (χ0v) is 15.5. The molecule has 2 aromatic rings. The van der Waals surface area contributed by atoms with Crippen molar-refractivity contribution in [1.82, 2.24) is 9.55 Å². The standard InChI is InChI=1S/C15H17ClN3O7P/c16-9-1-3-10(4-2-9)25-27(22,23)26-11-7-14(24-12(11)8-20)19-6-5-13(17)18-15(19)21/h1-6,11-12,14,20H,7-8H2,(H,22,23)(H2,17,18,21)/t11-,12+,14+/m0/s1. The second kappa shape index (κ2) is 7.97. The lowest BCUT2D eigenvalue weighted by atomic mass is 10.2. The number of nitrogens with two attached hydrogens (primary N) is 1. The average Bonchev–Trinajstić information content (AvgIpc) is 2.98. The summed E-state index contributed by atoms with van der Waals surface area (Å²) in [5.41, 5.74) is 4.80. The van der Waals surface area contributed by atoms with Gasteiger partial charge in [-0.25, -0.2) is 9.36 Å². The number of hydrogen-bond donors (Lipinski definition) is 3. The molecular formula is C15H17ClN3O7P. The molecule has 10 nitrogen and oxygen atoms in total. The minimum absolute atomic E-state index is 0.0191. The third kappa shape index (κ3) is 4.86. The second-order valence-electron chi connectivity index (χ2n) is 5.75. The molecule has 1 aromatic carbocycles. The van der Waals surface area contributed by atoms with Crippen LogP contribution in [0.4, 0.5) is 5.82 Å². The number of phosphoric ester groups is 1. The van der Waals surface area contributed by atoms with Crippen LogP contribution in [0, 0.1) is 0 Å². The van der Waals surface area contributed by atoms with Gasteiger partial charge in [0.05, 0.1) is 6.61 Å². The molecule has 1 saturated heterocycles. The first-order valence-electron chi connectivity index (χ1n) is 7.85. The SMILES string of the molecule is Nc1ccn([C@H]2C[C@H](OP(=O)(O)Oc3ccc(Cl)cc3)[C@@H](CO)O2)c(=O)n1. The van der Waals surface area contributed by atoms with Gasteiger partial charge in [-0.1, -0.05) is 11.6 Å². The van der Waals surface area contributed by atoms with Crippen molar-refractivity contribution in [3.8, 4) is 5.75 Å². The summed E-state index contributed by atoms with van der Waals surface area (Å²) in [5.74, 6) is 0.136. The number of aliphatic hydroxyl groups excluding tert-OH is 1. The van der Waals surface area contributed by atoms with Crippen molar-refractivity contribution in [1.29, 1.82) is 0 Å². The number of nitrogen functional groups attached to an aromatic ring is 1. The molecular weight excluding hydrogens is 401 g/mol. The monoisotopic (exact) mass is 417 g/mol. The van der Waals surface area contributed by atoms with Crippen molar-refractivity contribution in [3.63, 3.8) is 0 Å². The fraction of sp³-hybridized carbons (Fsp3) is 0.333. The zero-order valence-electron chi connectivity index (χ0n) is 13.8. The van der Waals surface area contributed by atoms with E-state index in [-0.39, 0.29) is 18.0 Å². The Kier molecular flexibility index (Phi) is 5.85. The highest BCUT2D eigenvalue weighted by Crippen LogP contribution is 2.48. The maximum absolute atomic E-state index is 12.3. The van der Waals surface area contributed by atoms with Crippen LogP contribution < -0.4 is 15.9 Å². The molecule has 0 radical (unpaired) electrons. The van der Waals surface area contributed by atoms with Crippen molar-refractivity contribution in [3.05, 3.63) is 52.0 Å². The first-order valence-corrected chi connectivity index (χ1v) is 9.72. The van der Waals surface area contributed by atoms with Crippen LogP contribution in [0.2, 0.25) is 5.02 Å². The molecule has 1 aromatic heterocycles. The summed E-state index contributed by atoms with van der Waals surface area (Å²) in [7, 11) is -4.52. The maximum Gasteiger partial charge on any atom is 0.527 e. The van der Waals surface area contributed by atoms with Gasteiger partial charge in [-0.2, -0.15) is 4.98 Å². The highest BCUT2D eigenvalue weighted by Gasteiger charge is 2.42. The lowest BCUT2D eigenvalue weighted by Gasteiger charge is -2.20. The second-order valence-corrected chi connectivity index (χ2v) is 7.51. The van der Waals surface area contributed by atoms with Gasteiger partial charge in [0.2, 0.25) is 0 Å². The van der Waals surface area contributed by atoms with Crippen LogP contribution in [-0.2, 0) is 13.8 Å². The molecule has 3 rings (SSSR count). The van der Waals surface area contributed by atoms with Crippen LogP contribution in [0.5, 0.6) is 5.75 Å². The number of rotatable bonds is 6. The molecule has 1 fully saturated rings. The van der Waals surface area contributed by atoms with Gasteiger partial charge in [0.1, 0.15) is 30.0 Å². The molecule has 27 heavy (non-hydrogen) atoms. The van der Waals surface area contributed by atoms with Gasteiger partial charge in [0.15, 0.2) is 0 Å². The molecule has 0 aliphatic carbocycles. The first-order chi connectivity index (χ1) is 12.8. The number of phosphoric acid groups is 1. The molecule has 1 aliphatic heterocycles. The molecule has 1 aliphatic rings. The molecule has 1 unspecified atom stereocenters. The Morgan fingerprint density at radius 2 is 2.07 bits per heavy atom. The number of anilines is 1. The lowest BCUT2D eigenvalue weighted by molar-refractivity contribution is -0.0449. The quantitative estimate of drug-likeness (QED) is 0.592. The summed E-state index contributed by atoms with van der Waals surface area (Å²) < 4.78 is 29.1. The van der Waals surface area contributed by atoms with Crippen LogP contribution >= 0.6 is 19.4 Å². The Labute approximate surface area is 158 Å². The van der Waals surface area contributed by atoms with E-state index in [2.05, 4.69) is 4.98 Å².